The van der Waals surface area contributed by atoms with Crippen LogP contribution in [0.1, 0.15) is 35.6 Å². The molecule has 0 spiro atoms. The molecule has 1 aliphatic heterocycles. The van der Waals surface area contributed by atoms with Crippen LogP contribution in [0.2, 0.25) is 0 Å². The number of nitrogens with zero attached hydrogens (tertiary/aromatic N) is 2. The van der Waals surface area contributed by atoms with E-state index < -0.39 is 0 Å². The molecule has 1 aliphatic rings. The van der Waals surface area contributed by atoms with Crippen LogP contribution in [-0.4, -0.2) is 43.0 Å². The van der Waals surface area contributed by atoms with Crippen molar-refractivity contribution in [3.05, 3.63) is 95.6 Å². The fraction of sp³-hybridized carbons (Fsp3) is 0.321. The molecule has 0 aliphatic carbocycles. The number of hydrogen-bond acceptors (Lipinski definition) is 4. The topological polar surface area (TPSA) is 42.0 Å². The summed E-state index contributed by atoms with van der Waals surface area (Å²) < 4.78 is 11.1. The average molecular weight is 445 g/mol. The molecule has 1 unspecified atom stereocenters. The van der Waals surface area contributed by atoms with E-state index in [9.17, 15) is 4.79 Å². The van der Waals surface area contributed by atoms with Crippen molar-refractivity contribution in [3.63, 3.8) is 0 Å². The third-order valence-electron chi connectivity index (χ3n) is 6.28. The number of hydrogen-bond donors (Lipinski definition) is 0. The number of amides is 1. The van der Waals surface area contributed by atoms with Gasteiger partial charge in [0, 0.05) is 24.7 Å². The maximum atomic E-state index is 13.6. The molecule has 0 radical (unpaired) electrons. The highest BCUT2D eigenvalue weighted by Gasteiger charge is 2.31. The zero-order valence-corrected chi connectivity index (χ0v) is 19.4. The van der Waals surface area contributed by atoms with Gasteiger partial charge < -0.3 is 14.4 Å². The first kappa shape index (κ1) is 22.9. The van der Waals surface area contributed by atoms with Gasteiger partial charge in [-0.2, -0.15) is 0 Å². The average Bonchev–Trinajstić information content (AvgIpc) is 3.32. The lowest BCUT2D eigenvalue weighted by Gasteiger charge is -2.30. The molecule has 1 fully saturated rings. The fourth-order valence-corrected chi connectivity index (χ4v) is 4.58. The SMILES string of the molecule is COc1ccc(OC)c(C2CCCN2CC(=O)N(Cc2ccccc2)Cc2ccccc2)c1. The Morgan fingerprint density at radius 1 is 0.909 bits per heavy atom. The number of carbonyl (C=O) groups excluding carboxylic acids is 1. The van der Waals surface area contributed by atoms with E-state index in [4.69, 9.17) is 9.47 Å². The predicted octanol–water partition coefficient (Wildman–Crippen LogP) is 5.07. The van der Waals surface area contributed by atoms with Gasteiger partial charge in [-0.3, -0.25) is 9.69 Å². The quantitative estimate of drug-likeness (QED) is 0.462. The van der Waals surface area contributed by atoms with Crippen molar-refractivity contribution in [3.8, 4) is 11.5 Å². The van der Waals surface area contributed by atoms with Crippen LogP contribution in [0.5, 0.6) is 11.5 Å². The molecule has 0 saturated carbocycles. The van der Waals surface area contributed by atoms with Gasteiger partial charge in [0.25, 0.3) is 0 Å². The van der Waals surface area contributed by atoms with Crippen molar-refractivity contribution in [2.24, 2.45) is 0 Å². The minimum absolute atomic E-state index is 0.134. The summed E-state index contributed by atoms with van der Waals surface area (Å²) in [6.45, 7) is 2.46. The van der Waals surface area contributed by atoms with E-state index in [1.54, 1.807) is 14.2 Å². The summed E-state index contributed by atoms with van der Waals surface area (Å²) in [5.41, 5.74) is 3.35. The van der Waals surface area contributed by atoms with Gasteiger partial charge in [0.1, 0.15) is 11.5 Å². The van der Waals surface area contributed by atoms with Crippen molar-refractivity contribution in [2.45, 2.75) is 32.0 Å². The first-order valence-corrected chi connectivity index (χ1v) is 11.5. The van der Waals surface area contributed by atoms with Gasteiger partial charge in [-0.05, 0) is 48.7 Å². The number of benzene rings is 3. The van der Waals surface area contributed by atoms with Crippen LogP contribution in [0.4, 0.5) is 0 Å². The predicted molar refractivity (Wildman–Crippen MR) is 130 cm³/mol. The second-order valence-corrected chi connectivity index (χ2v) is 8.46. The maximum Gasteiger partial charge on any atom is 0.237 e. The molecule has 0 aromatic heterocycles. The van der Waals surface area contributed by atoms with Crippen LogP contribution in [0.25, 0.3) is 0 Å². The molecule has 0 N–H and O–H groups in total. The smallest absolute Gasteiger partial charge is 0.237 e. The second kappa shape index (κ2) is 11.0. The monoisotopic (exact) mass is 444 g/mol. The Hall–Kier alpha value is -3.31. The van der Waals surface area contributed by atoms with Crippen LogP contribution >= 0.6 is 0 Å². The zero-order valence-electron chi connectivity index (χ0n) is 19.4. The highest BCUT2D eigenvalue weighted by molar-refractivity contribution is 5.78. The molecule has 3 aromatic carbocycles. The molecule has 172 valence electrons. The van der Waals surface area contributed by atoms with E-state index in [1.165, 1.54) is 0 Å². The van der Waals surface area contributed by atoms with Crippen molar-refractivity contribution in [1.29, 1.82) is 0 Å². The lowest BCUT2D eigenvalue weighted by atomic mass is 10.0. The Kier molecular flexibility index (Phi) is 7.63. The number of ether oxygens (including phenoxy) is 2. The summed E-state index contributed by atoms with van der Waals surface area (Å²) >= 11 is 0. The van der Waals surface area contributed by atoms with Crippen molar-refractivity contribution < 1.29 is 14.3 Å². The van der Waals surface area contributed by atoms with Gasteiger partial charge in [0.05, 0.1) is 20.8 Å². The van der Waals surface area contributed by atoms with E-state index in [1.807, 2.05) is 59.5 Å². The molecular weight excluding hydrogens is 412 g/mol. The van der Waals surface area contributed by atoms with Gasteiger partial charge in [-0.1, -0.05) is 60.7 Å². The van der Waals surface area contributed by atoms with Gasteiger partial charge in [0.15, 0.2) is 0 Å². The molecule has 5 nitrogen and oxygen atoms in total. The number of likely N-dealkylation sites (tertiary alicyclic amines) is 1. The number of methoxy groups -OCH3 is 2. The Labute approximate surface area is 196 Å². The van der Waals surface area contributed by atoms with E-state index in [0.717, 1.165) is 47.6 Å². The van der Waals surface area contributed by atoms with E-state index in [2.05, 4.69) is 29.2 Å². The fourth-order valence-electron chi connectivity index (χ4n) is 4.58. The Morgan fingerprint density at radius 3 is 2.12 bits per heavy atom. The third kappa shape index (κ3) is 5.74. The number of carbonyl (C=O) groups is 1. The first-order valence-electron chi connectivity index (χ1n) is 11.5. The van der Waals surface area contributed by atoms with Crippen LogP contribution in [0.15, 0.2) is 78.9 Å². The van der Waals surface area contributed by atoms with Gasteiger partial charge >= 0.3 is 0 Å². The van der Waals surface area contributed by atoms with E-state index in [-0.39, 0.29) is 11.9 Å². The molecule has 1 amide bonds. The standard InChI is InChI=1S/C28H32N2O3/c1-32-24-15-16-27(33-2)25(18-24)26-14-9-17-29(26)21-28(31)30(19-22-10-5-3-6-11-22)20-23-12-7-4-8-13-23/h3-8,10-13,15-16,18,26H,9,14,17,19-21H2,1-2H3. The summed E-state index contributed by atoms with van der Waals surface area (Å²) in [4.78, 5) is 17.8. The molecule has 0 bridgehead atoms. The highest BCUT2D eigenvalue weighted by atomic mass is 16.5. The lowest BCUT2D eigenvalue weighted by Crippen LogP contribution is -2.39. The van der Waals surface area contributed by atoms with E-state index >= 15 is 0 Å². The summed E-state index contributed by atoms with van der Waals surface area (Å²) in [7, 11) is 3.36. The Balaban J connectivity index is 1.54. The summed E-state index contributed by atoms with van der Waals surface area (Å²) in [6.07, 6.45) is 2.05. The van der Waals surface area contributed by atoms with Crippen LogP contribution in [0.3, 0.4) is 0 Å². The van der Waals surface area contributed by atoms with Gasteiger partial charge in [-0.25, -0.2) is 0 Å². The molecule has 1 heterocycles. The second-order valence-electron chi connectivity index (χ2n) is 8.46. The van der Waals surface area contributed by atoms with Crippen molar-refractivity contribution in [2.75, 3.05) is 27.3 Å². The van der Waals surface area contributed by atoms with Crippen LogP contribution in [-0.2, 0) is 17.9 Å². The molecule has 1 saturated heterocycles. The first-order chi connectivity index (χ1) is 16.2. The van der Waals surface area contributed by atoms with Crippen LogP contribution in [0, 0.1) is 0 Å². The van der Waals surface area contributed by atoms with Gasteiger partial charge in [-0.15, -0.1) is 0 Å². The summed E-state index contributed by atoms with van der Waals surface area (Å²) in [5, 5.41) is 0. The zero-order chi connectivity index (χ0) is 23.0. The highest BCUT2D eigenvalue weighted by Crippen LogP contribution is 2.38. The molecule has 33 heavy (non-hydrogen) atoms. The molecule has 3 aromatic rings. The molecular formula is C28H32N2O3. The summed E-state index contributed by atoms with van der Waals surface area (Å²) in [6, 6.07) is 26.4. The largest absolute Gasteiger partial charge is 0.497 e. The molecule has 5 heteroatoms. The molecule has 1 atom stereocenters. The van der Waals surface area contributed by atoms with Crippen LogP contribution < -0.4 is 9.47 Å². The van der Waals surface area contributed by atoms with Crippen molar-refractivity contribution in [1.82, 2.24) is 9.80 Å². The Bertz CT molecular complexity index is 998. The minimum atomic E-state index is 0.134. The minimum Gasteiger partial charge on any atom is -0.497 e. The third-order valence-corrected chi connectivity index (χ3v) is 6.28. The lowest BCUT2D eigenvalue weighted by molar-refractivity contribution is -0.134. The van der Waals surface area contributed by atoms with E-state index in [0.29, 0.717) is 19.6 Å². The maximum absolute atomic E-state index is 13.6. The van der Waals surface area contributed by atoms with Gasteiger partial charge in [0.2, 0.25) is 5.91 Å². The Morgan fingerprint density at radius 2 is 1.55 bits per heavy atom. The summed E-state index contributed by atoms with van der Waals surface area (Å²) in [5.74, 6) is 1.78. The molecule has 4 rings (SSSR count). The van der Waals surface area contributed by atoms with Crippen molar-refractivity contribution >= 4 is 5.91 Å². The normalized spacial score (nSPS) is 15.9. The number of rotatable bonds is 9.